The second kappa shape index (κ2) is 10.9. The SMILES string of the molecule is COc1ccc(C2CCC(OCc3ccc(C4CCC(CO)CC4)c(F)c3F)CC2)c(F)c1. The molecular formula is C27H33F3O3. The van der Waals surface area contributed by atoms with E-state index in [1.807, 2.05) is 0 Å². The van der Waals surface area contributed by atoms with Crippen molar-refractivity contribution >= 4 is 0 Å². The number of aliphatic hydroxyl groups excluding tert-OH is 1. The molecule has 33 heavy (non-hydrogen) atoms. The lowest BCUT2D eigenvalue weighted by Crippen LogP contribution is -2.21. The largest absolute Gasteiger partial charge is 0.497 e. The maximum absolute atomic E-state index is 14.8. The van der Waals surface area contributed by atoms with Gasteiger partial charge in [-0.3, -0.25) is 0 Å². The van der Waals surface area contributed by atoms with Crippen LogP contribution in [0.1, 0.15) is 79.9 Å². The maximum atomic E-state index is 14.8. The van der Waals surface area contributed by atoms with Crippen molar-refractivity contribution in [3.63, 3.8) is 0 Å². The Morgan fingerprint density at radius 3 is 2.09 bits per heavy atom. The summed E-state index contributed by atoms with van der Waals surface area (Å²) in [6, 6.07) is 8.32. The predicted molar refractivity (Wildman–Crippen MR) is 121 cm³/mol. The highest BCUT2D eigenvalue weighted by atomic mass is 19.2. The number of hydrogen-bond donors (Lipinski definition) is 1. The zero-order valence-electron chi connectivity index (χ0n) is 19.2. The summed E-state index contributed by atoms with van der Waals surface area (Å²) in [5.74, 6) is -0.908. The van der Waals surface area contributed by atoms with E-state index in [9.17, 15) is 18.3 Å². The van der Waals surface area contributed by atoms with Crippen LogP contribution in [0.4, 0.5) is 13.2 Å². The minimum absolute atomic E-state index is 0.00546. The van der Waals surface area contributed by atoms with Gasteiger partial charge in [-0.1, -0.05) is 18.2 Å². The molecule has 0 radical (unpaired) electrons. The van der Waals surface area contributed by atoms with Gasteiger partial charge in [0.2, 0.25) is 0 Å². The molecule has 4 rings (SSSR count). The van der Waals surface area contributed by atoms with Crippen molar-refractivity contribution in [2.75, 3.05) is 13.7 Å². The molecule has 2 aliphatic rings. The van der Waals surface area contributed by atoms with Crippen LogP contribution in [0, 0.1) is 23.4 Å². The molecule has 0 spiro atoms. The normalized spacial score (nSPS) is 25.7. The Morgan fingerprint density at radius 2 is 1.45 bits per heavy atom. The first-order chi connectivity index (χ1) is 16.0. The number of methoxy groups -OCH3 is 1. The lowest BCUT2D eigenvalue weighted by atomic mass is 9.78. The summed E-state index contributed by atoms with van der Waals surface area (Å²) >= 11 is 0. The lowest BCUT2D eigenvalue weighted by molar-refractivity contribution is 0.0116. The van der Waals surface area contributed by atoms with Crippen LogP contribution in [0.2, 0.25) is 0 Å². The monoisotopic (exact) mass is 462 g/mol. The maximum Gasteiger partial charge on any atom is 0.164 e. The summed E-state index contributed by atoms with van der Waals surface area (Å²) in [4.78, 5) is 0. The Morgan fingerprint density at radius 1 is 0.818 bits per heavy atom. The predicted octanol–water partition coefficient (Wildman–Crippen LogP) is 6.62. The Kier molecular flexibility index (Phi) is 7.97. The van der Waals surface area contributed by atoms with E-state index in [0.717, 1.165) is 51.4 Å². The van der Waals surface area contributed by atoms with Crippen molar-refractivity contribution in [2.45, 2.75) is 75.9 Å². The average molecular weight is 463 g/mol. The van der Waals surface area contributed by atoms with Crippen molar-refractivity contribution in [1.82, 2.24) is 0 Å². The minimum Gasteiger partial charge on any atom is -0.497 e. The molecule has 0 atom stereocenters. The zero-order valence-corrected chi connectivity index (χ0v) is 19.2. The molecule has 0 saturated heterocycles. The molecule has 1 N–H and O–H groups in total. The molecule has 3 nitrogen and oxygen atoms in total. The van der Waals surface area contributed by atoms with E-state index in [1.165, 1.54) is 13.2 Å². The second-order valence-electron chi connectivity index (χ2n) is 9.51. The first kappa shape index (κ1) is 24.1. The molecule has 0 bridgehead atoms. The fourth-order valence-corrected chi connectivity index (χ4v) is 5.40. The van der Waals surface area contributed by atoms with Gasteiger partial charge in [-0.05, 0) is 86.3 Å². The molecule has 0 amide bonds. The van der Waals surface area contributed by atoms with Crippen LogP contribution >= 0.6 is 0 Å². The first-order valence-electron chi connectivity index (χ1n) is 12.0. The number of benzene rings is 2. The Hall–Kier alpha value is -2.05. The van der Waals surface area contributed by atoms with Gasteiger partial charge in [-0.25, -0.2) is 13.2 Å². The van der Waals surface area contributed by atoms with Crippen LogP contribution in [-0.4, -0.2) is 24.9 Å². The number of ether oxygens (including phenoxy) is 2. The molecule has 2 aliphatic carbocycles. The quantitative estimate of drug-likeness (QED) is 0.502. The van der Waals surface area contributed by atoms with E-state index >= 15 is 0 Å². The Labute approximate surface area is 193 Å². The van der Waals surface area contributed by atoms with E-state index in [0.29, 0.717) is 16.9 Å². The third-order valence-electron chi connectivity index (χ3n) is 7.53. The first-order valence-corrected chi connectivity index (χ1v) is 12.0. The zero-order chi connectivity index (χ0) is 23.4. The molecule has 6 heteroatoms. The second-order valence-corrected chi connectivity index (χ2v) is 9.51. The highest BCUT2D eigenvalue weighted by Gasteiger charge is 2.28. The summed E-state index contributed by atoms with van der Waals surface area (Å²) in [6.45, 7) is 0.198. The highest BCUT2D eigenvalue weighted by Crippen LogP contribution is 2.39. The van der Waals surface area contributed by atoms with E-state index in [2.05, 4.69) is 0 Å². The van der Waals surface area contributed by atoms with Gasteiger partial charge in [0.05, 0.1) is 19.8 Å². The topological polar surface area (TPSA) is 38.7 Å². The van der Waals surface area contributed by atoms with Crippen molar-refractivity contribution in [3.05, 3.63) is 64.5 Å². The van der Waals surface area contributed by atoms with Crippen molar-refractivity contribution < 1.29 is 27.8 Å². The van der Waals surface area contributed by atoms with E-state index in [-0.39, 0.29) is 48.5 Å². The molecule has 2 saturated carbocycles. The third-order valence-corrected chi connectivity index (χ3v) is 7.53. The fraction of sp³-hybridized carbons (Fsp3) is 0.556. The number of rotatable bonds is 7. The van der Waals surface area contributed by atoms with Crippen molar-refractivity contribution in [2.24, 2.45) is 5.92 Å². The standard InChI is InChI=1S/C27H33F3O3/c1-32-22-11-13-23(25(28)14-22)18-6-9-21(10-7-18)33-16-20-8-12-24(27(30)26(20)29)19-4-2-17(15-31)3-5-19/h8,11-14,17-19,21,31H,2-7,9-10,15-16H2,1H3. The molecule has 0 aliphatic heterocycles. The van der Waals surface area contributed by atoms with Crippen molar-refractivity contribution in [1.29, 1.82) is 0 Å². The van der Waals surface area contributed by atoms with Gasteiger partial charge in [-0.2, -0.15) is 0 Å². The van der Waals surface area contributed by atoms with Gasteiger partial charge in [0, 0.05) is 18.2 Å². The van der Waals surface area contributed by atoms with Gasteiger partial charge in [0.15, 0.2) is 11.6 Å². The molecule has 2 aromatic rings. The molecular weight excluding hydrogens is 429 g/mol. The summed E-state index contributed by atoms with van der Waals surface area (Å²) in [7, 11) is 1.52. The fourth-order valence-electron chi connectivity index (χ4n) is 5.40. The van der Waals surface area contributed by atoms with Gasteiger partial charge >= 0.3 is 0 Å². The number of aliphatic hydroxyl groups is 1. The summed E-state index contributed by atoms with van der Waals surface area (Å²) in [6.07, 6.45) is 6.29. The van der Waals surface area contributed by atoms with Crippen molar-refractivity contribution in [3.8, 4) is 5.75 Å². The number of halogens is 3. The van der Waals surface area contributed by atoms with Crippen LogP contribution in [0.25, 0.3) is 0 Å². The lowest BCUT2D eigenvalue weighted by Gasteiger charge is -2.29. The smallest absolute Gasteiger partial charge is 0.164 e. The Bertz CT molecular complexity index is 932. The van der Waals surface area contributed by atoms with Gasteiger partial charge in [0.25, 0.3) is 0 Å². The third kappa shape index (κ3) is 5.55. The Balaban J connectivity index is 1.30. The van der Waals surface area contributed by atoms with Crippen LogP contribution in [0.5, 0.6) is 5.75 Å². The summed E-state index contributed by atoms with van der Waals surface area (Å²) in [5, 5.41) is 9.28. The van der Waals surface area contributed by atoms with Crippen LogP contribution < -0.4 is 4.74 Å². The van der Waals surface area contributed by atoms with E-state index in [4.69, 9.17) is 9.47 Å². The average Bonchev–Trinajstić information content (AvgIpc) is 2.85. The summed E-state index contributed by atoms with van der Waals surface area (Å²) in [5.41, 5.74) is 1.38. The number of hydrogen-bond acceptors (Lipinski definition) is 3. The molecule has 0 heterocycles. The molecule has 0 unspecified atom stereocenters. The van der Waals surface area contributed by atoms with Gasteiger partial charge in [-0.15, -0.1) is 0 Å². The van der Waals surface area contributed by atoms with E-state index in [1.54, 1.807) is 24.3 Å². The van der Waals surface area contributed by atoms with Gasteiger partial charge < -0.3 is 14.6 Å². The summed E-state index contributed by atoms with van der Waals surface area (Å²) < 4.78 is 54.9. The van der Waals surface area contributed by atoms with E-state index < -0.39 is 11.6 Å². The van der Waals surface area contributed by atoms with Gasteiger partial charge in [0.1, 0.15) is 11.6 Å². The molecule has 180 valence electrons. The van der Waals surface area contributed by atoms with Crippen LogP contribution in [-0.2, 0) is 11.3 Å². The highest BCUT2D eigenvalue weighted by molar-refractivity contribution is 5.31. The van der Waals surface area contributed by atoms with Crippen LogP contribution in [0.3, 0.4) is 0 Å². The molecule has 2 aromatic carbocycles. The minimum atomic E-state index is -0.814. The molecule has 0 aromatic heterocycles. The molecule has 2 fully saturated rings. The van der Waals surface area contributed by atoms with Crippen LogP contribution in [0.15, 0.2) is 30.3 Å².